The summed E-state index contributed by atoms with van der Waals surface area (Å²) in [6.07, 6.45) is -4.77. The van der Waals surface area contributed by atoms with Crippen molar-refractivity contribution in [2.24, 2.45) is 5.92 Å². The summed E-state index contributed by atoms with van der Waals surface area (Å²) in [6, 6.07) is 19.1. The summed E-state index contributed by atoms with van der Waals surface area (Å²) in [5.74, 6) is -4.62. The summed E-state index contributed by atoms with van der Waals surface area (Å²) >= 11 is 1.40. The third kappa shape index (κ3) is 15.0. The van der Waals surface area contributed by atoms with Gasteiger partial charge in [0.05, 0.1) is 33.9 Å². The minimum atomic E-state index is -5.08. The Labute approximate surface area is 356 Å². The Morgan fingerprint density at radius 2 is 1.39 bits per heavy atom. The number of anilines is 1. The number of rotatable bonds is 18. The number of benzene rings is 3. The smallest absolute Gasteiger partial charge is 0.475 e. The van der Waals surface area contributed by atoms with Crippen molar-refractivity contribution in [1.29, 1.82) is 0 Å². The Morgan fingerprint density at radius 1 is 0.836 bits per heavy atom. The van der Waals surface area contributed by atoms with E-state index in [1.54, 1.807) is 37.6 Å². The predicted molar refractivity (Wildman–Crippen MR) is 224 cm³/mol. The van der Waals surface area contributed by atoms with Gasteiger partial charge in [0, 0.05) is 49.1 Å². The molecule has 4 rings (SSSR count). The first kappa shape index (κ1) is 49.5. The number of sulfonamides is 1. The van der Waals surface area contributed by atoms with Gasteiger partial charge in [-0.3, -0.25) is 23.5 Å². The van der Waals surface area contributed by atoms with Gasteiger partial charge in [-0.05, 0) is 62.6 Å². The molecule has 4 amide bonds. The first-order valence-corrected chi connectivity index (χ1v) is 21.4. The maximum Gasteiger partial charge on any atom is 0.490 e. The molecule has 0 aliphatic carbocycles. The van der Waals surface area contributed by atoms with Gasteiger partial charge in [0.2, 0.25) is 11.8 Å². The topological polar surface area (TPSA) is 216 Å². The van der Waals surface area contributed by atoms with E-state index in [0.29, 0.717) is 13.0 Å². The van der Waals surface area contributed by atoms with Crippen LogP contribution in [0.15, 0.2) is 94.6 Å². The van der Waals surface area contributed by atoms with Crippen LogP contribution in [0.4, 0.5) is 18.9 Å². The zero-order valence-electron chi connectivity index (χ0n) is 34.3. The molecule has 1 aromatic heterocycles. The number of aromatic nitrogens is 1. The first-order chi connectivity index (χ1) is 28.6. The van der Waals surface area contributed by atoms with Crippen LogP contribution in [0.3, 0.4) is 0 Å². The number of nitrogens with zero attached hydrogens (tertiary/aromatic N) is 2. The van der Waals surface area contributed by atoms with Gasteiger partial charge in [-0.25, -0.2) is 18.2 Å². The lowest BCUT2D eigenvalue weighted by Gasteiger charge is -2.25. The van der Waals surface area contributed by atoms with Crippen molar-refractivity contribution >= 4 is 56.6 Å². The Bertz CT molecular complexity index is 2200. The molecule has 61 heavy (non-hydrogen) atoms. The van der Waals surface area contributed by atoms with Crippen LogP contribution in [0.5, 0.6) is 0 Å². The Balaban J connectivity index is 0.00000130. The van der Waals surface area contributed by atoms with E-state index in [-0.39, 0.29) is 52.0 Å². The van der Waals surface area contributed by atoms with E-state index in [4.69, 9.17) is 9.90 Å². The zero-order valence-corrected chi connectivity index (χ0v) is 36.0. The Morgan fingerprint density at radius 3 is 1.90 bits per heavy atom. The molecule has 15 nitrogen and oxygen atoms in total. The summed E-state index contributed by atoms with van der Waals surface area (Å²) in [6.45, 7) is 9.58. The second-order valence-corrected chi connectivity index (χ2v) is 16.8. The average Bonchev–Trinajstić information content (AvgIpc) is 3.74. The van der Waals surface area contributed by atoms with Gasteiger partial charge in [0.1, 0.15) is 6.04 Å². The summed E-state index contributed by atoms with van der Waals surface area (Å²) in [4.78, 5) is 66.7. The molecular formula is C41H50F3N7O8S2. The van der Waals surface area contributed by atoms with Gasteiger partial charge in [-0.1, -0.05) is 62.4 Å². The van der Waals surface area contributed by atoms with Crippen LogP contribution in [0.25, 0.3) is 0 Å². The Hall–Kier alpha value is -5.86. The zero-order chi connectivity index (χ0) is 45.5. The van der Waals surface area contributed by atoms with Gasteiger partial charge in [-0.15, -0.1) is 11.3 Å². The lowest BCUT2D eigenvalue weighted by Crippen LogP contribution is -2.55. The molecule has 0 saturated heterocycles. The highest BCUT2D eigenvalue weighted by Crippen LogP contribution is 2.26. The minimum Gasteiger partial charge on any atom is -0.475 e. The van der Waals surface area contributed by atoms with Crippen LogP contribution >= 0.6 is 11.3 Å². The third-order valence-electron chi connectivity index (χ3n) is 9.03. The van der Waals surface area contributed by atoms with E-state index in [1.165, 1.54) is 48.7 Å². The van der Waals surface area contributed by atoms with Gasteiger partial charge >= 0.3 is 12.1 Å². The molecule has 0 fully saturated rings. The molecule has 0 radical (unpaired) electrons. The average molecular weight is 890 g/mol. The number of hydrogen-bond donors (Lipinski definition) is 6. The number of carbonyl (C=O) groups is 5. The summed E-state index contributed by atoms with van der Waals surface area (Å²) < 4.78 is 60.1. The fourth-order valence-electron chi connectivity index (χ4n) is 5.59. The summed E-state index contributed by atoms with van der Waals surface area (Å²) in [7, 11) is -2.69. The lowest BCUT2D eigenvalue weighted by atomic mass is 10.0. The van der Waals surface area contributed by atoms with Crippen molar-refractivity contribution in [2.75, 3.05) is 24.4 Å². The molecule has 4 aromatic rings. The third-order valence-corrected chi connectivity index (χ3v) is 11.5. The number of carboxylic acids is 1. The van der Waals surface area contributed by atoms with E-state index < -0.39 is 52.1 Å². The van der Waals surface area contributed by atoms with Crippen LogP contribution in [-0.2, 0) is 30.8 Å². The highest BCUT2D eigenvalue weighted by molar-refractivity contribution is 7.92. The highest BCUT2D eigenvalue weighted by atomic mass is 32.2. The molecule has 330 valence electrons. The van der Waals surface area contributed by atoms with Gasteiger partial charge in [0.25, 0.3) is 21.8 Å². The van der Waals surface area contributed by atoms with Crippen LogP contribution in [0, 0.1) is 5.92 Å². The molecule has 0 aliphatic heterocycles. The second-order valence-electron chi connectivity index (χ2n) is 14.1. The van der Waals surface area contributed by atoms with Crippen molar-refractivity contribution in [3.63, 3.8) is 0 Å². The van der Waals surface area contributed by atoms with Crippen molar-refractivity contribution in [3.8, 4) is 0 Å². The largest absolute Gasteiger partial charge is 0.490 e. The van der Waals surface area contributed by atoms with Crippen LogP contribution < -0.4 is 30.9 Å². The normalized spacial score (nSPS) is 13.3. The minimum absolute atomic E-state index is 0.0457. The lowest BCUT2D eigenvalue weighted by molar-refractivity contribution is -0.192. The molecule has 3 aromatic carbocycles. The molecule has 0 spiro atoms. The second kappa shape index (κ2) is 22.7. The fourth-order valence-corrected chi connectivity index (χ4v) is 7.36. The monoisotopic (exact) mass is 889 g/mol. The Kier molecular flexibility index (Phi) is 18.4. The number of carboxylic acid groups (broad SMARTS) is 1. The fraction of sp³-hybridized carbons (Fsp3) is 0.366. The summed E-state index contributed by atoms with van der Waals surface area (Å²) in [5, 5.41) is 23.7. The van der Waals surface area contributed by atoms with Gasteiger partial charge < -0.3 is 31.7 Å². The molecule has 0 aliphatic rings. The number of nitrogens with one attached hydrogen (secondary N) is 5. The van der Waals surface area contributed by atoms with E-state index >= 15 is 0 Å². The quantitative estimate of drug-likeness (QED) is 0.0811. The van der Waals surface area contributed by atoms with Crippen LogP contribution in [-0.4, -0.2) is 92.5 Å². The maximum atomic E-state index is 14.1. The number of likely N-dealkylation sites (N-methyl/N-ethyl adjacent to an activating group) is 1. The summed E-state index contributed by atoms with van der Waals surface area (Å²) in [5.41, 5.74) is 3.51. The van der Waals surface area contributed by atoms with Crippen molar-refractivity contribution in [1.82, 2.24) is 31.6 Å². The van der Waals surface area contributed by atoms with Crippen molar-refractivity contribution in [2.45, 2.75) is 76.3 Å². The molecular weight excluding hydrogens is 840 g/mol. The number of thiazole rings is 1. The SMILES string of the molecule is CCNC(=O)[C@@H](NC(=O)[C@H](C)NC[C@H](Cc1cscn1)NC(=O)c1cc(C(=O)N[C@H](C)c2ccccc2)cc(N(C)S(=O)(=O)c2ccccc2)c1)C(C)C.O=C(O)C(F)(F)F. The number of aliphatic carboxylic acids is 1. The standard InChI is InChI=1S/C39H49N7O6S2.C2HF3O2/c1-7-40-39(50)35(25(2)3)45-36(47)27(5)41-22-31(21-32-23-53-24-42-32)44-38(49)30-18-29(37(48)43-26(4)28-14-10-8-11-15-28)19-33(20-30)46(6)54(51,52)34-16-12-9-13-17-34;3-2(4,5)1(6)7/h8-20,23-27,31,35,41H,7,21-22H2,1-6H3,(H,40,50)(H,43,48)(H,44,49)(H,45,47);(H,6,7)/t26-,27+,31+,35+;/m1./s1. The number of hydrogen-bond acceptors (Lipinski definition) is 10. The molecule has 0 unspecified atom stereocenters. The van der Waals surface area contributed by atoms with Crippen LogP contribution in [0.2, 0.25) is 0 Å². The van der Waals surface area contributed by atoms with E-state index in [9.17, 15) is 40.8 Å². The van der Waals surface area contributed by atoms with Gasteiger partial charge in [0.15, 0.2) is 0 Å². The molecule has 0 bridgehead atoms. The molecule has 4 atom stereocenters. The number of alkyl halides is 3. The van der Waals surface area contributed by atoms with Gasteiger partial charge in [-0.2, -0.15) is 13.2 Å². The predicted octanol–water partition coefficient (Wildman–Crippen LogP) is 4.69. The van der Waals surface area contributed by atoms with Crippen LogP contribution in [0.1, 0.15) is 72.6 Å². The number of halogens is 3. The van der Waals surface area contributed by atoms with E-state index in [1.807, 2.05) is 56.5 Å². The first-order valence-electron chi connectivity index (χ1n) is 19.0. The van der Waals surface area contributed by atoms with E-state index in [0.717, 1.165) is 15.6 Å². The number of amides is 4. The molecule has 1 heterocycles. The molecule has 6 N–H and O–H groups in total. The number of carbonyl (C=O) groups excluding carboxylic acids is 4. The highest BCUT2D eigenvalue weighted by Gasteiger charge is 2.38. The van der Waals surface area contributed by atoms with Crippen molar-refractivity contribution in [3.05, 3.63) is 112 Å². The molecule has 20 heteroatoms. The van der Waals surface area contributed by atoms with Crippen molar-refractivity contribution < 1.29 is 50.7 Å². The van der Waals surface area contributed by atoms with E-state index in [2.05, 4.69) is 31.6 Å². The molecule has 0 saturated carbocycles. The maximum absolute atomic E-state index is 14.1.